The van der Waals surface area contributed by atoms with Crippen LogP contribution in [0.4, 0.5) is 0 Å². The molecule has 0 aromatic heterocycles. The fourth-order valence-electron chi connectivity index (χ4n) is 1.44. The van der Waals surface area contributed by atoms with Crippen molar-refractivity contribution < 1.29 is 5.11 Å². The van der Waals surface area contributed by atoms with E-state index in [0.717, 1.165) is 12.0 Å². The standard InChI is InChI=1S/C11H17NO/c1-2-9(8-12)11(13)10-6-4-3-5-7-10/h3-7,9,11,13H,2,8,12H2,1H3/t9-,11-/m1/s1. The van der Waals surface area contributed by atoms with E-state index in [-0.39, 0.29) is 5.92 Å². The average Bonchev–Trinajstić information content (AvgIpc) is 2.21. The second-order valence-corrected chi connectivity index (χ2v) is 3.26. The first-order chi connectivity index (χ1) is 6.29. The fraction of sp³-hybridized carbons (Fsp3) is 0.455. The number of aliphatic hydroxyl groups excluding tert-OH is 1. The van der Waals surface area contributed by atoms with E-state index in [2.05, 4.69) is 0 Å². The van der Waals surface area contributed by atoms with Crippen molar-refractivity contribution in [2.45, 2.75) is 19.4 Å². The first kappa shape index (κ1) is 10.2. The highest BCUT2D eigenvalue weighted by Gasteiger charge is 2.16. The van der Waals surface area contributed by atoms with Crippen molar-refractivity contribution in [3.8, 4) is 0 Å². The van der Waals surface area contributed by atoms with Crippen LogP contribution in [-0.4, -0.2) is 11.7 Å². The molecule has 0 aliphatic carbocycles. The minimum Gasteiger partial charge on any atom is -0.388 e. The van der Waals surface area contributed by atoms with Gasteiger partial charge in [-0.2, -0.15) is 0 Å². The van der Waals surface area contributed by atoms with Gasteiger partial charge in [0.25, 0.3) is 0 Å². The van der Waals surface area contributed by atoms with Crippen molar-refractivity contribution in [2.75, 3.05) is 6.54 Å². The maximum Gasteiger partial charge on any atom is 0.0830 e. The topological polar surface area (TPSA) is 46.2 Å². The van der Waals surface area contributed by atoms with Gasteiger partial charge in [-0.25, -0.2) is 0 Å². The van der Waals surface area contributed by atoms with Gasteiger partial charge in [0.1, 0.15) is 0 Å². The summed E-state index contributed by atoms with van der Waals surface area (Å²) in [5.74, 6) is 0.169. The lowest BCUT2D eigenvalue weighted by Crippen LogP contribution is -2.21. The molecule has 0 unspecified atom stereocenters. The third kappa shape index (κ3) is 2.54. The van der Waals surface area contributed by atoms with Gasteiger partial charge < -0.3 is 10.8 Å². The Morgan fingerprint density at radius 3 is 2.38 bits per heavy atom. The molecule has 2 atom stereocenters. The lowest BCUT2D eigenvalue weighted by molar-refractivity contribution is 0.110. The van der Waals surface area contributed by atoms with Gasteiger partial charge >= 0.3 is 0 Å². The molecule has 0 aliphatic rings. The zero-order valence-electron chi connectivity index (χ0n) is 7.98. The van der Waals surface area contributed by atoms with E-state index in [1.807, 2.05) is 37.3 Å². The van der Waals surface area contributed by atoms with Gasteiger partial charge in [-0.15, -0.1) is 0 Å². The van der Waals surface area contributed by atoms with Crippen LogP contribution in [-0.2, 0) is 0 Å². The lowest BCUT2D eigenvalue weighted by Gasteiger charge is -2.19. The van der Waals surface area contributed by atoms with Crippen LogP contribution in [0.15, 0.2) is 30.3 Å². The Kier molecular flexibility index (Phi) is 3.93. The van der Waals surface area contributed by atoms with Gasteiger partial charge in [-0.05, 0) is 18.5 Å². The van der Waals surface area contributed by atoms with E-state index in [0.29, 0.717) is 6.54 Å². The zero-order chi connectivity index (χ0) is 9.68. The highest BCUT2D eigenvalue weighted by Crippen LogP contribution is 2.22. The van der Waals surface area contributed by atoms with Crippen LogP contribution in [0.25, 0.3) is 0 Å². The second kappa shape index (κ2) is 5.00. The number of hydrogen-bond donors (Lipinski definition) is 2. The Morgan fingerprint density at radius 1 is 1.31 bits per heavy atom. The molecule has 2 heteroatoms. The van der Waals surface area contributed by atoms with Crippen molar-refractivity contribution in [3.63, 3.8) is 0 Å². The Labute approximate surface area is 79.4 Å². The molecule has 0 radical (unpaired) electrons. The molecule has 0 aliphatic heterocycles. The van der Waals surface area contributed by atoms with Crippen molar-refractivity contribution >= 4 is 0 Å². The molecule has 0 heterocycles. The summed E-state index contributed by atoms with van der Waals surface area (Å²) < 4.78 is 0. The normalized spacial score (nSPS) is 15.3. The summed E-state index contributed by atoms with van der Waals surface area (Å²) in [5, 5.41) is 9.90. The molecule has 13 heavy (non-hydrogen) atoms. The minimum absolute atomic E-state index is 0.169. The summed E-state index contributed by atoms with van der Waals surface area (Å²) in [6, 6.07) is 9.68. The monoisotopic (exact) mass is 179 g/mol. The predicted molar refractivity (Wildman–Crippen MR) is 54.2 cm³/mol. The van der Waals surface area contributed by atoms with Gasteiger partial charge in [0.2, 0.25) is 0 Å². The zero-order valence-corrected chi connectivity index (χ0v) is 7.98. The molecule has 0 amide bonds. The highest BCUT2D eigenvalue weighted by atomic mass is 16.3. The van der Waals surface area contributed by atoms with E-state index >= 15 is 0 Å². The maximum absolute atomic E-state index is 9.90. The van der Waals surface area contributed by atoms with Gasteiger partial charge in [-0.3, -0.25) is 0 Å². The van der Waals surface area contributed by atoms with Crippen LogP contribution in [0.1, 0.15) is 25.0 Å². The van der Waals surface area contributed by atoms with E-state index in [4.69, 9.17) is 5.73 Å². The highest BCUT2D eigenvalue weighted by molar-refractivity contribution is 5.17. The Hall–Kier alpha value is -0.860. The molecule has 1 aromatic rings. The summed E-state index contributed by atoms with van der Waals surface area (Å²) in [7, 11) is 0. The van der Waals surface area contributed by atoms with E-state index in [1.165, 1.54) is 0 Å². The molecule has 2 nitrogen and oxygen atoms in total. The van der Waals surface area contributed by atoms with Crippen LogP contribution >= 0.6 is 0 Å². The second-order valence-electron chi connectivity index (χ2n) is 3.26. The van der Waals surface area contributed by atoms with Gasteiger partial charge in [0.05, 0.1) is 6.10 Å². The average molecular weight is 179 g/mol. The van der Waals surface area contributed by atoms with E-state index in [1.54, 1.807) is 0 Å². The van der Waals surface area contributed by atoms with E-state index < -0.39 is 6.10 Å². The summed E-state index contributed by atoms with van der Waals surface area (Å²) in [5.41, 5.74) is 6.52. The number of rotatable bonds is 4. The van der Waals surface area contributed by atoms with Crippen molar-refractivity contribution in [1.82, 2.24) is 0 Å². The molecule has 0 saturated carbocycles. The number of hydrogen-bond acceptors (Lipinski definition) is 2. The fourth-order valence-corrected chi connectivity index (χ4v) is 1.44. The molecule has 0 fully saturated rings. The molecule has 3 N–H and O–H groups in total. The van der Waals surface area contributed by atoms with Crippen LogP contribution in [0.3, 0.4) is 0 Å². The van der Waals surface area contributed by atoms with Crippen LogP contribution in [0.5, 0.6) is 0 Å². The van der Waals surface area contributed by atoms with Crippen LogP contribution in [0.2, 0.25) is 0 Å². The maximum atomic E-state index is 9.90. The van der Waals surface area contributed by atoms with Crippen LogP contribution < -0.4 is 5.73 Å². The summed E-state index contributed by atoms with van der Waals surface area (Å²) >= 11 is 0. The molecular formula is C11H17NO. The molecule has 0 saturated heterocycles. The number of aliphatic hydroxyl groups is 1. The number of benzene rings is 1. The van der Waals surface area contributed by atoms with Gasteiger partial charge in [-0.1, -0.05) is 37.3 Å². The Balaban J connectivity index is 2.72. The number of nitrogens with two attached hydrogens (primary N) is 1. The lowest BCUT2D eigenvalue weighted by atomic mass is 9.94. The van der Waals surface area contributed by atoms with Crippen molar-refractivity contribution in [3.05, 3.63) is 35.9 Å². The summed E-state index contributed by atoms with van der Waals surface area (Å²) in [6.45, 7) is 2.58. The Morgan fingerprint density at radius 2 is 1.92 bits per heavy atom. The SMILES string of the molecule is CC[C@H](CN)[C@@H](O)c1ccccc1. The molecular weight excluding hydrogens is 162 g/mol. The minimum atomic E-state index is -0.420. The summed E-state index contributed by atoms with van der Waals surface area (Å²) in [4.78, 5) is 0. The molecule has 1 aromatic carbocycles. The van der Waals surface area contributed by atoms with Gasteiger partial charge in [0, 0.05) is 5.92 Å². The third-order valence-corrected chi connectivity index (χ3v) is 2.41. The molecule has 0 bridgehead atoms. The van der Waals surface area contributed by atoms with Gasteiger partial charge in [0.15, 0.2) is 0 Å². The van der Waals surface area contributed by atoms with Crippen molar-refractivity contribution in [1.29, 1.82) is 0 Å². The quantitative estimate of drug-likeness (QED) is 0.739. The third-order valence-electron chi connectivity index (χ3n) is 2.41. The molecule has 1 rings (SSSR count). The molecule has 0 spiro atoms. The predicted octanol–water partition coefficient (Wildman–Crippen LogP) is 1.70. The van der Waals surface area contributed by atoms with Crippen molar-refractivity contribution in [2.24, 2.45) is 11.7 Å². The smallest absolute Gasteiger partial charge is 0.0830 e. The largest absolute Gasteiger partial charge is 0.388 e. The first-order valence-electron chi connectivity index (χ1n) is 4.72. The van der Waals surface area contributed by atoms with E-state index in [9.17, 15) is 5.11 Å². The molecule has 72 valence electrons. The first-order valence-corrected chi connectivity index (χ1v) is 4.72. The summed E-state index contributed by atoms with van der Waals surface area (Å²) in [6.07, 6.45) is 0.489. The Bertz CT molecular complexity index is 231. The van der Waals surface area contributed by atoms with Crippen LogP contribution in [0, 0.1) is 5.92 Å².